The van der Waals surface area contributed by atoms with Crippen molar-refractivity contribution in [3.05, 3.63) is 42.2 Å². The van der Waals surface area contributed by atoms with Crippen molar-refractivity contribution >= 4 is 16.8 Å². The number of fused-ring (bicyclic) bond motifs is 1. The number of aliphatic hydroxyl groups excluding tert-OH is 1. The Morgan fingerprint density at radius 2 is 2.29 bits per heavy atom. The number of hydrogen-bond donors (Lipinski definition) is 1. The topological polar surface area (TPSA) is 46.0 Å². The van der Waals surface area contributed by atoms with Gasteiger partial charge in [-0.2, -0.15) is 0 Å². The van der Waals surface area contributed by atoms with E-state index >= 15 is 0 Å². The number of aryl methyl sites for hydroxylation is 1. The van der Waals surface area contributed by atoms with Gasteiger partial charge in [-0.25, -0.2) is 9.97 Å². The predicted molar refractivity (Wildman–Crippen MR) is 55.9 cm³/mol. The lowest BCUT2D eigenvalue weighted by atomic mass is 10.1. The van der Waals surface area contributed by atoms with Crippen molar-refractivity contribution in [3.63, 3.8) is 0 Å². The first kappa shape index (κ1) is 8.69. The molecule has 0 aliphatic carbocycles. The normalized spacial score (nSPS) is 10.4. The molecule has 0 aliphatic rings. The molecule has 2 heterocycles. The zero-order valence-electron chi connectivity index (χ0n) is 7.86. The van der Waals surface area contributed by atoms with Crippen molar-refractivity contribution in [1.29, 1.82) is 0 Å². The molecule has 0 unspecified atom stereocenters. The van der Waals surface area contributed by atoms with E-state index in [1.807, 2.05) is 25.1 Å². The molecule has 0 aromatic carbocycles. The highest BCUT2D eigenvalue weighted by atomic mass is 16.3. The van der Waals surface area contributed by atoms with E-state index in [2.05, 4.69) is 16.5 Å². The van der Waals surface area contributed by atoms with Gasteiger partial charge in [-0.1, -0.05) is 6.58 Å². The average Bonchev–Trinajstić information content (AvgIpc) is 2.16. The van der Waals surface area contributed by atoms with Crippen molar-refractivity contribution in [2.45, 2.75) is 6.92 Å². The summed E-state index contributed by atoms with van der Waals surface area (Å²) in [5.41, 5.74) is 2.10. The summed E-state index contributed by atoms with van der Waals surface area (Å²) < 4.78 is 0. The molecule has 0 fully saturated rings. The molecule has 0 spiro atoms. The van der Waals surface area contributed by atoms with Gasteiger partial charge < -0.3 is 5.11 Å². The van der Waals surface area contributed by atoms with Crippen LogP contribution in [0.25, 0.3) is 16.8 Å². The summed E-state index contributed by atoms with van der Waals surface area (Å²) >= 11 is 0. The summed E-state index contributed by atoms with van der Waals surface area (Å²) in [7, 11) is 0. The number of nitrogens with zero attached hydrogens (tertiary/aromatic N) is 2. The van der Waals surface area contributed by atoms with E-state index in [0.717, 1.165) is 11.1 Å². The second kappa shape index (κ2) is 3.10. The smallest absolute Gasteiger partial charge is 0.159 e. The second-order valence-corrected chi connectivity index (χ2v) is 3.12. The molecule has 0 saturated heterocycles. The van der Waals surface area contributed by atoms with Crippen LogP contribution in [0.1, 0.15) is 11.3 Å². The van der Waals surface area contributed by atoms with Crippen molar-refractivity contribution in [2.24, 2.45) is 0 Å². The van der Waals surface area contributed by atoms with Crippen LogP contribution in [0.3, 0.4) is 0 Å². The van der Waals surface area contributed by atoms with Gasteiger partial charge >= 0.3 is 0 Å². The minimum atomic E-state index is 0.0424. The van der Waals surface area contributed by atoms with Crippen molar-refractivity contribution in [2.75, 3.05) is 0 Å². The van der Waals surface area contributed by atoms with E-state index < -0.39 is 0 Å². The summed E-state index contributed by atoms with van der Waals surface area (Å²) in [6.45, 7) is 5.31. The fourth-order valence-electron chi connectivity index (χ4n) is 1.39. The van der Waals surface area contributed by atoms with E-state index in [1.165, 1.54) is 0 Å². The van der Waals surface area contributed by atoms with Crippen molar-refractivity contribution in [1.82, 2.24) is 9.97 Å². The molecular weight excluding hydrogens is 176 g/mol. The van der Waals surface area contributed by atoms with Crippen LogP contribution >= 0.6 is 0 Å². The second-order valence-electron chi connectivity index (χ2n) is 3.12. The zero-order valence-corrected chi connectivity index (χ0v) is 7.86. The quantitative estimate of drug-likeness (QED) is 0.696. The SMILES string of the molecule is C=C(O)c1cc2cccnc2nc1C. The van der Waals surface area contributed by atoms with Gasteiger partial charge in [0.2, 0.25) is 0 Å². The number of pyridine rings is 2. The molecule has 1 N–H and O–H groups in total. The highest BCUT2D eigenvalue weighted by Gasteiger charge is 2.05. The molecule has 0 radical (unpaired) electrons. The van der Waals surface area contributed by atoms with Crippen LogP contribution in [0.2, 0.25) is 0 Å². The molecule has 0 saturated carbocycles. The summed E-state index contributed by atoms with van der Waals surface area (Å²) in [5.74, 6) is 0.0424. The number of hydrogen-bond acceptors (Lipinski definition) is 3. The van der Waals surface area contributed by atoms with Gasteiger partial charge in [0, 0.05) is 17.1 Å². The molecule has 2 rings (SSSR count). The minimum absolute atomic E-state index is 0.0424. The third-order valence-corrected chi connectivity index (χ3v) is 2.09. The maximum absolute atomic E-state index is 9.31. The Balaban J connectivity index is 2.77. The molecule has 0 aliphatic heterocycles. The van der Waals surface area contributed by atoms with Gasteiger partial charge in [-0.15, -0.1) is 0 Å². The lowest BCUT2D eigenvalue weighted by molar-refractivity contribution is 0.513. The van der Waals surface area contributed by atoms with Crippen LogP contribution < -0.4 is 0 Å². The average molecular weight is 186 g/mol. The molecular formula is C11H10N2O. The van der Waals surface area contributed by atoms with Gasteiger partial charge in [0.1, 0.15) is 5.76 Å². The van der Waals surface area contributed by atoms with E-state index in [1.54, 1.807) is 6.20 Å². The maximum atomic E-state index is 9.31. The fraction of sp³-hybridized carbons (Fsp3) is 0.0909. The van der Waals surface area contributed by atoms with Crippen molar-refractivity contribution in [3.8, 4) is 0 Å². The molecule has 0 atom stereocenters. The highest BCUT2D eigenvalue weighted by Crippen LogP contribution is 2.18. The van der Waals surface area contributed by atoms with Crippen LogP contribution in [-0.4, -0.2) is 15.1 Å². The summed E-state index contributed by atoms with van der Waals surface area (Å²) in [5, 5.41) is 10.2. The largest absolute Gasteiger partial charge is 0.508 e. The lowest BCUT2D eigenvalue weighted by Gasteiger charge is -2.04. The molecule has 3 heteroatoms. The third kappa shape index (κ3) is 1.33. The van der Waals surface area contributed by atoms with E-state index in [-0.39, 0.29) is 5.76 Å². The molecule has 14 heavy (non-hydrogen) atoms. The number of aromatic nitrogens is 2. The summed E-state index contributed by atoms with van der Waals surface area (Å²) in [4.78, 5) is 8.38. The molecule has 0 bridgehead atoms. The zero-order chi connectivity index (χ0) is 10.1. The Kier molecular flexibility index (Phi) is 1.93. The molecule has 70 valence electrons. The Bertz CT molecular complexity index is 506. The number of rotatable bonds is 1. The standard InChI is InChI=1S/C11H10N2O/c1-7-10(8(2)14)6-9-4-3-5-12-11(9)13-7/h3-6,14H,2H2,1H3. The first-order valence-electron chi connectivity index (χ1n) is 4.29. The van der Waals surface area contributed by atoms with Gasteiger partial charge in [0.15, 0.2) is 5.65 Å². The maximum Gasteiger partial charge on any atom is 0.159 e. The summed E-state index contributed by atoms with van der Waals surface area (Å²) in [6, 6.07) is 5.58. The van der Waals surface area contributed by atoms with Crippen LogP contribution in [0.4, 0.5) is 0 Å². The van der Waals surface area contributed by atoms with Crippen molar-refractivity contribution < 1.29 is 5.11 Å². The van der Waals surface area contributed by atoms with E-state index in [0.29, 0.717) is 11.2 Å². The minimum Gasteiger partial charge on any atom is -0.508 e. The Labute approximate surface area is 81.8 Å². The first-order chi connectivity index (χ1) is 6.68. The molecule has 3 nitrogen and oxygen atoms in total. The van der Waals surface area contributed by atoms with Crippen LogP contribution in [0, 0.1) is 6.92 Å². The van der Waals surface area contributed by atoms with Crippen LogP contribution in [0.15, 0.2) is 31.0 Å². The monoisotopic (exact) mass is 186 g/mol. The van der Waals surface area contributed by atoms with Crippen LogP contribution in [0.5, 0.6) is 0 Å². The number of aliphatic hydroxyl groups is 1. The van der Waals surface area contributed by atoms with E-state index in [9.17, 15) is 5.11 Å². The lowest BCUT2D eigenvalue weighted by Crippen LogP contribution is -1.93. The van der Waals surface area contributed by atoms with Gasteiger partial charge in [-0.05, 0) is 25.1 Å². The van der Waals surface area contributed by atoms with Gasteiger partial charge in [0.25, 0.3) is 0 Å². The summed E-state index contributed by atoms with van der Waals surface area (Å²) in [6.07, 6.45) is 1.70. The fourth-order valence-corrected chi connectivity index (χ4v) is 1.39. The van der Waals surface area contributed by atoms with E-state index in [4.69, 9.17) is 0 Å². The van der Waals surface area contributed by atoms with Gasteiger partial charge in [0.05, 0.1) is 5.69 Å². The Hall–Kier alpha value is -1.90. The Morgan fingerprint density at radius 3 is 3.00 bits per heavy atom. The third-order valence-electron chi connectivity index (χ3n) is 2.09. The molecule has 2 aromatic heterocycles. The molecule has 0 amide bonds. The van der Waals surface area contributed by atoms with Crippen LogP contribution in [-0.2, 0) is 0 Å². The predicted octanol–water partition coefficient (Wildman–Crippen LogP) is 2.47. The van der Waals surface area contributed by atoms with Gasteiger partial charge in [-0.3, -0.25) is 0 Å². The molecule has 2 aromatic rings. The highest BCUT2D eigenvalue weighted by molar-refractivity contribution is 5.79. The first-order valence-corrected chi connectivity index (χ1v) is 4.29. The Morgan fingerprint density at radius 1 is 1.50 bits per heavy atom.